The van der Waals surface area contributed by atoms with Gasteiger partial charge in [0.05, 0.1) is 19.8 Å². The highest BCUT2D eigenvalue weighted by Crippen LogP contribution is 2.33. The number of hydrogen-bond acceptors (Lipinski definition) is 5. The van der Waals surface area contributed by atoms with Crippen molar-refractivity contribution in [3.05, 3.63) is 95.9 Å². The highest BCUT2D eigenvalue weighted by atomic mass is 16.5. The van der Waals surface area contributed by atoms with Gasteiger partial charge in [0.15, 0.2) is 0 Å². The van der Waals surface area contributed by atoms with Crippen molar-refractivity contribution in [3.63, 3.8) is 0 Å². The second kappa shape index (κ2) is 14.6. The van der Waals surface area contributed by atoms with Crippen molar-refractivity contribution in [2.24, 2.45) is 0 Å². The summed E-state index contributed by atoms with van der Waals surface area (Å²) in [4.78, 5) is 4.84. The molecule has 0 saturated carbocycles. The van der Waals surface area contributed by atoms with E-state index in [4.69, 9.17) is 11.2 Å². The largest absolute Gasteiger partial charge is 0.494 e. The summed E-state index contributed by atoms with van der Waals surface area (Å²) in [6.45, 7) is 17.4. The molecule has 0 unspecified atom stereocenters. The van der Waals surface area contributed by atoms with Crippen molar-refractivity contribution < 1.29 is 4.74 Å². The van der Waals surface area contributed by atoms with E-state index in [1.807, 2.05) is 39.0 Å². The number of terminal acetylenes is 1. The summed E-state index contributed by atoms with van der Waals surface area (Å²) in [6, 6.07) is 15.0. The van der Waals surface area contributed by atoms with Crippen LogP contribution in [0.15, 0.2) is 79.2 Å². The number of hydrogen-bond donors (Lipinski definition) is 2. The van der Waals surface area contributed by atoms with Gasteiger partial charge in [-0.05, 0) is 54.8 Å². The van der Waals surface area contributed by atoms with E-state index >= 15 is 0 Å². The lowest BCUT2D eigenvalue weighted by Crippen LogP contribution is -2.34. The maximum absolute atomic E-state index is 5.74. The first kappa shape index (κ1) is 28.5. The second-order valence-corrected chi connectivity index (χ2v) is 8.88. The molecule has 0 saturated heterocycles. The predicted molar refractivity (Wildman–Crippen MR) is 163 cm³/mol. The summed E-state index contributed by atoms with van der Waals surface area (Å²) in [7, 11) is 0. The van der Waals surface area contributed by atoms with Crippen molar-refractivity contribution >= 4 is 17.0 Å². The summed E-state index contributed by atoms with van der Waals surface area (Å²) in [5.41, 5.74) is 8.20. The van der Waals surface area contributed by atoms with Gasteiger partial charge in [0.25, 0.3) is 0 Å². The van der Waals surface area contributed by atoms with Crippen molar-refractivity contribution in [1.29, 1.82) is 0 Å². The normalized spacial score (nSPS) is 14.8. The molecule has 2 aromatic carbocycles. The van der Waals surface area contributed by atoms with Crippen LogP contribution in [-0.4, -0.2) is 37.8 Å². The van der Waals surface area contributed by atoms with Crippen LogP contribution in [0.2, 0.25) is 0 Å². The van der Waals surface area contributed by atoms with Gasteiger partial charge < -0.3 is 25.2 Å². The molecule has 0 radical (unpaired) electrons. The number of benzene rings is 2. The minimum Gasteiger partial charge on any atom is -0.494 e. The van der Waals surface area contributed by atoms with Gasteiger partial charge in [-0.1, -0.05) is 56.9 Å². The van der Waals surface area contributed by atoms with Gasteiger partial charge in [-0.15, -0.1) is 12.3 Å². The fraction of sp³-hybridized carbons (Fsp3) is 0.333. The summed E-state index contributed by atoms with van der Waals surface area (Å²) in [5, 5.41) is 6.69. The average Bonchev–Trinajstić information content (AvgIpc) is 3.40. The Morgan fingerprint density at radius 3 is 2.71 bits per heavy atom. The molecule has 0 bridgehead atoms. The Hall–Kier alpha value is -4.04. The summed E-state index contributed by atoms with van der Waals surface area (Å²) >= 11 is 0. The molecule has 2 aliphatic heterocycles. The molecular formula is C33H42N4O. The fourth-order valence-corrected chi connectivity index (χ4v) is 4.67. The van der Waals surface area contributed by atoms with Crippen LogP contribution in [0.4, 0.5) is 5.69 Å². The third kappa shape index (κ3) is 7.26. The average molecular weight is 511 g/mol. The van der Waals surface area contributed by atoms with Crippen LogP contribution in [0, 0.1) is 12.3 Å². The zero-order valence-electron chi connectivity index (χ0n) is 23.4. The lowest BCUT2D eigenvalue weighted by molar-refractivity contribution is 0.340. The second-order valence-electron chi connectivity index (χ2n) is 8.88. The van der Waals surface area contributed by atoms with Crippen molar-refractivity contribution in [2.75, 3.05) is 37.8 Å². The maximum atomic E-state index is 5.74. The van der Waals surface area contributed by atoms with E-state index in [1.165, 1.54) is 28.1 Å². The first-order valence-corrected chi connectivity index (χ1v) is 13.6. The molecule has 2 heterocycles. The monoisotopic (exact) mass is 510 g/mol. The first-order valence-electron chi connectivity index (χ1n) is 13.6. The van der Waals surface area contributed by atoms with Crippen LogP contribution >= 0.6 is 0 Å². The molecule has 0 spiro atoms. The number of anilines is 1. The van der Waals surface area contributed by atoms with Gasteiger partial charge >= 0.3 is 0 Å². The Kier molecular flexibility index (Phi) is 11.0. The molecule has 0 atom stereocenters. The smallest absolute Gasteiger partial charge is 0.119 e. The fourth-order valence-electron chi connectivity index (χ4n) is 4.67. The molecule has 2 aliphatic rings. The number of allylic oxidation sites excluding steroid dienone is 4. The summed E-state index contributed by atoms with van der Waals surface area (Å²) in [6.07, 6.45) is 14.4. The Morgan fingerprint density at radius 1 is 1.16 bits per heavy atom. The number of nitrogens with one attached hydrogen (secondary N) is 2. The molecule has 4 rings (SSSR count). The van der Waals surface area contributed by atoms with Gasteiger partial charge in [-0.25, -0.2) is 0 Å². The maximum Gasteiger partial charge on any atom is 0.119 e. The highest BCUT2D eigenvalue weighted by molar-refractivity contribution is 5.76. The van der Waals surface area contributed by atoms with E-state index in [1.54, 1.807) is 0 Å². The lowest BCUT2D eigenvalue weighted by Gasteiger charge is -2.27. The third-order valence-corrected chi connectivity index (χ3v) is 6.51. The molecule has 2 aromatic rings. The SMILES string of the molecule is C#CC/C=C\C(=C/C)c1ccc2c(c1)CN(C(=C)c1cccc(OCC)c1)CCN2CC1=CNCN1.CC. The van der Waals surface area contributed by atoms with Crippen LogP contribution < -0.4 is 20.3 Å². The van der Waals surface area contributed by atoms with Gasteiger partial charge in [-0.3, -0.25) is 0 Å². The summed E-state index contributed by atoms with van der Waals surface area (Å²) in [5.74, 6) is 3.55. The van der Waals surface area contributed by atoms with E-state index in [0.717, 1.165) is 49.9 Å². The van der Waals surface area contributed by atoms with E-state index in [9.17, 15) is 0 Å². The van der Waals surface area contributed by atoms with E-state index in [2.05, 4.69) is 88.5 Å². The van der Waals surface area contributed by atoms with Crippen LogP contribution in [-0.2, 0) is 6.54 Å². The van der Waals surface area contributed by atoms with Gasteiger partial charge in [0.2, 0.25) is 0 Å². The molecule has 5 nitrogen and oxygen atoms in total. The molecule has 38 heavy (non-hydrogen) atoms. The molecule has 0 amide bonds. The number of rotatable bonds is 9. The number of nitrogens with zero attached hydrogens (tertiary/aromatic N) is 2. The van der Waals surface area contributed by atoms with Gasteiger partial charge in [0, 0.05) is 54.9 Å². The molecular weight excluding hydrogens is 468 g/mol. The summed E-state index contributed by atoms with van der Waals surface area (Å²) < 4.78 is 5.74. The Labute approximate surface area is 229 Å². The lowest BCUT2D eigenvalue weighted by atomic mass is 10.00. The molecule has 5 heteroatoms. The number of fused-ring (bicyclic) bond motifs is 1. The zero-order valence-corrected chi connectivity index (χ0v) is 23.4. The van der Waals surface area contributed by atoms with Crippen molar-refractivity contribution in [2.45, 2.75) is 40.7 Å². The first-order chi connectivity index (χ1) is 18.6. The zero-order chi connectivity index (χ0) is 27.3. The number of ether oxygens (including phenoxy) is 1. The van der Waals surface area contributed by atoms with E-state index < -0.39 is 0 Å². The minimum absolute atomic E-state index is 0.626. The van der Waals surface area contributed by atoms with Crippen LogP contribution in [0.3, 0.4) is 0 Å². The highest BCUT2D eigenvalue weighted by Gasteiger charge is 2.23. The topological polar surface area (TPSA) is 39.8 Å². The molecule has 2 N–H and O–H groups in total. The molecule has 0 fully saturated rings. The molecule has 200 valence electrons. The van der Waals surface area contributed by atoms with E-state index in [0.29, 0.717) is 13.0 Å². The Balaban J connectivity index is 0.00000195. The van der Waals surface area contributed by atoms with Gasteiger partial charge in [0.1, 0.15) is 5.75 Å². The Morgan fingerprint density at radius 2 is 2.00 bits per heavy atom. The van der Waals surface area contributed by atoms with Crippen LogP contribution in [0.5, 0.6) is 5.75 Å². The quantitative estimate of drug-likeness (QED) is 0.303. The molecule has 0 aromatic heterocycles. The predicted octanol–water partition coefficient (Wildman–Crippen LogP) is 6.38. The minimum atomic E-state index is 0.626. The van der Waals surface area contributed by atoms with Crippen LogP contribution in [0.1, 0.15) is 50.8 Å². The Bertz CT molecular complexity index is 1220. The van der Waals surface area contributed by atoms with Crippen LogP contribution in [0.25, 0.3) is 11.3 Å². The third-order valence-electron chi connectivity index (χ3n) is 6.51. The van der Waals surface area contributed by atoms with Crippen molar-refractivity contribution in [3.8, 4) is 18.1 Å². The molecule has 0 aliphatic carbocycles. The van der Waals surface area contributed by atoms with Crippen molar-refractivity contribution in [1.82, 2.24) is 15.5 Å². The van der Waals surface area contributed by atoms with E-state index in [-0.39, 0.29) is 0 Å². The van der Waals surface area contributed by atoms with Gasteiger partial charge in [-0.2, -0.15) is 0 Å². The standard InChI is InChI=1S/C31H36N4O.C2H6/c1-5-8-9-11-25(6-2)27-14-15-31-28(18-27)21-34(16-17-35(31)22-29-20-32-23-33-29)24(4)26-12-10-13-30(19-26)36-7-3;1-2/h1,6,9-15,18-20,32-33H,4,7-8,16-17,21-23H2,2-3H3;1-2H3/b11-9-,25-6+;.